The molecule has 2 aromatic heterocycles. The number of carbonyl (C=O) groups excluding carboxylic acids is 1. The van der Waals surface area contributed by atoms with E-state index in [-0.39, 0.29) is 11.7 Å². The van der Waals surface area contributed by atoms with Crippen molar-refractivity contribution in [3.8, 4) is 0 Å². The van der Waals surface area contributed by atoms with Gasteiger partial charge in [-0.3, -0.25) is 4.79 Å². The van der Waals surface area contributed by atoms with Gasteiger partial charge in [0.05, 0.1) is 5.75 Å². The third-order valence-electron chi connectivity index (χ3n) is 3.94. The normalized spacial score (nSPS) is 11.0. The van der Waals surface area contributed by atoms with Gasteiger partial charge >= 0.3 is 0 Å². The van der Waals surface area contributed by atoms with Crippen molar-refractivity contribution in [3.63, 3.8) is 0 Å². The van der Waals surface area contributed by atoms with E-state index in [0.29, 0.717) is 10.9 Å². The standard InChI is InChI=1S/C18H21N5OS/c1-5-14-8-6-7-11(2)16(14)20-15(24)10-25-18-21-17-19-12(3)9-13(4)23(17)22-18/h6-9H,5,10H2,1-4H3,(H,20,24). The van der Waals surface area contributed by atoms with E-state index in [4.69, 9.17) is 0 Å². The number of aromatic nitrogens is 4. The summed E-state index contributed by atoms with van der Waals surface area (Å²) in [6, 6.07) is 8.00. The van der Waals surface area contributed by atoms with Crippen molar-refractivity contribution in [2.45, 2.75) is 39.3 Å². The summed E-state index contributed by atoms with van der Waals surface area (Å²) in [6.07, 6.45) is 0.878. The maximum atomic E-state index is 12.3. The van der Waals surface area contributed by atoms with E-state index in [0.717, 1.165) is 34.6 Å². The van der Waals surface area contributed by atoms with Crippen LogP contribution in [-0.4, -0.2) is 31.2 Å². The Labute approximate surface area is 151 Å². The van der Waals surface area contributed by atoms with Gasteiger partial charge < -0.3 is 5.32 Å². The Morgan fingerprint density at radius 1 is 1.24 bits per heavy atom. The predicted molar refractivity (Wildman–Crippen MR) is 100 cm³/mol. The van der Waals surface area contributed by atoms with Crippen molar-refractivity contribution in [1.29, 1.82) is 0 Å². The number of hydrogen-bond donors (Lipinski definition) is 1. The quantitative estimate of drug-likeness (QED) is 0.711. The summed E-state index contributed by atoms with van der Waals surface area (Å²) >= 11 is 1.31. The SMILES string of the molecule is CCc1cccc(C)c1NC(=O)CSc1nc2nc(C)cc(C)n2n1. The van der Waals surface area contributed by atoms with Crippen LogP contribution in [0.2, 0.25) is 0 Å². The molecule has 0 aliphatic heterocycles. The van der Waals surface area contributed by atoms with Gasteiger partial charge in [0.2, 0.25) is 11.1 Å². The van der Waals surface area contributed by atoms with Crippen LogP contribution in [-0.2, 0) is 11.2 Å². The smallest absolute Gasteiger partial charge is 0.253 e. The highest BCUT2D eigenvalue weighted by atomic mass is 32.2. The molecule has 0 atom stereocenters. The number of fused-ring (bicyclic) bond motifs is 1. The Morgan fingerprint density at radius 2 is 2.04 bits per heavy atom. The topological polar surface area (TPSA) is 72.2 Å². The van der Waals surface area contributed by atoms with Gasteiger partial charge in [-0.05, 0) is 44.4 Å². The van der Waals surface area contributed by atoms with Gasteiger partial charge in [-0.1, -0.05) is 36.9 Å². The van der Waals surface area contributed by atoms with Crippen molar-refractivity contribution in [2.24, 2.45) is 0 Å². The van der Waals surface area contributed by atoms with Gasteiger partial charge in [-0.15, -0.1) is 5.10 Å². The van der Waals surface area contributed by atoms with E-state index in [1.807, 2.05) is 45.0 Å². The molecule has 0 spiro atoms. The Morgan fingerprint density at radius 3 is 2.80 bits per heavy atom. The molecule has 0 saturated heterocycles. The monoisotopic (exact) mass is 355 g/mol. The summed E-state index contributed by atoms with van der Waals surface area (Å²) in [5, 5.41) is 7.98. The lowest BCUT2D eigenvalue weighted by atomic mass is 10.1. The third-order valence-corrected chi connectivity index (χ3v) is 4.77. The molecule has 0 unspecified atom stereocenters. The highest BCUT2D eigenvalue weighted by molar-refractivity contribution is 7.99. The molecule has 0 aliphatic carbocycles. The maximum Gasteiger partial charge on any atom is 0.253 e. The average molecular weight is 355 g/mol. The van der Waals surface area contributed by atoms with Crippen LogP contribution in [0.5, 0.6) is 0 Å². The number of para-hydroxylation sites is 1. The first kappa shape index (κ1) is 17.4. The second-order valence-electron chi connectivity index (χ2n) is 5.94. The Balaban J connectivity index is 1.70. The van der Waals surface area contributed by atoms with E-state index in [9.17, 15) is 4.79 Å². The number of nitrogens with zero attached hydrogens (tertiary/aromatic N) is 4. The van der Waals surface area contributed by atoms with Crippen molar-refractivity contribution < 1.29 is 4.79 Å². The fourth-order valence-corrected chi connectivity index (χ4v) is 3.33. The van der Waals surface area contributed by atoms with Gasteiger partial charge in [-0.25, -0.2) is 9.50 Å². The molecule has 0 radical (unpaired) electrons. The highest BCUT2D eigenvalue weighted by Gasteiger charge is 2.12. The Hall–Kier alpha value is -2.41. The average Bonchev–Trinajstić information content (AvgIpc) is 2.98. The molecule has 0 aliphatic rings. The zero-order valence-corrected chi connectivity index (χ0v) is 15.6. The van der Waals surface area contributed by atoms with E-state index in [1.165, 1.54) is 11.8 Å². The van der Waals surface area contributed by atoms with Gasteiger partial charge in [0, 0.05) is 17.1 Å². The van der Waals surface area contributed by atoms with Crippen molar-refractivity contribution in [3.05, 3.63) is 46.8 Å². The number of thioether (sulfide) groups is 1. The van der Waals surface area contributed by atoms with Gasteiger partial charge in [0.15, 0.2) is 0 Å². The number of rotatable bonds is 5. The number of nitrogens with one attached hydrogen (secondary N) is 1. The van der Waals surface area contributed by atoms with E-state index >= 15 is 0 Å². The molecule has 3 aromatic rings. The zero-order valence-electron chi connectivity index (χ0n) is 14.8. The van der Waals surface area contributed by atoms with Crippen LogP contribution in [0.4, 0.5) is 5.69 Å². The van der Waals surface area contributed by atoms with Crippen molar-refractivity contribution >= 4 is 29.1 Å². The minimum absolute atomic E-state index is 0.0614. The first-order valence-corrected chi connectivity index (χ1v) is 9.18. The molecular weight excluding hydrogens is 334 g/mol. The molecule has 1 aromatic carbocycles. The molecule has 1 N–H and O–H groups in total. The molecule has 3 rings (SSSR count). The predicted octanol–water partition coefficient (Wildman–Crippen LogP) is 3.34. The lowest BCUT2D eigenvalue weighted by molar-refractivity contribution is -0.113. The summed E-state index contributed by atoms with van der Waals surface area (Å²) in [5.74, 6) is 0.758. The molecule has 0 bridgehead atoms. The number of carbonyl (C=O) groups is 1. The van der Waals surface area contributed by atoms with E-state index < -0.39 is 0 Å². The van der Waals surface area contributed by atoms with Crippen molar-refractivity contribution in [2.75, 3.05) is 11.1 Å². The number of aryl methyl sites for hydroxylation is 4. The maximum absolute atomic E-state index is 12.3. The van der Waals surface area contributed by atoms with E-state index in [2.05, 4.69) is 27.3 Å². The summed E-state index contributed by atoms with van der Waals surface area (Å²) in [7, 11) is 0. The summed E-state index contributed by atoms with van der Waals surface area (Å²) in [6.45, 7) is 7.97. The molecule has 25 heavy (non-hydrogen) atoms. The molecule has 6 nitrogen and oxygen atoms in total. The summed E-state index contributed by atoms with van der Waals surface area (Å²) in [5.41, 5.74) is 4.99. The van der Waals surface area contributed by atoms with Crippen LogP contribution in [0.3, 0.4) is 0 Å². The Bertz CT molecular complexity index is 935. The number of benzene rings is 1. The van der Waals surface area contributed by atoms with Crippen LogP contribution in [0.1, 0.15) is 29.4 Å². The van der Waals surface area contributed by atoms with E-state index in [1.54, 1.807) is 4.52 Å². The second kappa shape index (κ2) is 7.23. The van der Waals surface area contributed by atoms with Gasteiger partial charge in [0.1, 0.15) is 0 Å². The number of anilines is 1. The first-order valence-electron chi connectivity index (χ1n) is 8.20. The molecule has 1 amide bonds. The Kier molecular flexibility index (Phi) is 5.03. The summed E-state index contributed by atoms with van der Waals surface area (Å²) in [4.78, 5) is 21.1. The largest absolute Gasteiger partial charge is 0.325 e. The molecular formula is C18H21N5OS. The second-order valence-corrected chi connectivity index (χ2v) is 6.89. The minimum atomic E-state index is -0.0614. The zero-order chi connectivity index (χ0) is 18.0. The fourth-order valence-electron chi connectivity index (χ4n) is 2.72. The van der Waals surface area contributed by atoms with Crippen LogP contribution in [0, 0.1) is 20.8 Å². The fraction of sp³-hybridized carbons (Fsp3) is 0.333. The molecule has 2 heterocycles. The van der Waals surface area contributed by atoms with Gasteiger partial charge in [-0.2, -0.15) is 4.98 Å². The molecule has 130 valence electrons. The van der Waals surface area contributed by atoms with Gasteiger partial charge in [0.25, 0.3) is 5.78 Å². The third kappa shape index (κ3) is 3.82. The number of hydrogen-bond acceptors (Lipinski definition) is 5. The molecule has 0 fully saturated rings. The van der Waals surface area contributed by atoms with Crippen LogP contribution in [0.15, 0.2) is 29.4 Å². The lowest BCUT2D eigenvalue weighted by Gasteiger charge is -2.12. The lowest BCUT2D eigenvalue weighted by Crippen LogP contribution is -2.16. The van der Waals surface area contributed by atoms with Crippen LogP contribution >= 0.6 is 11.8 Å². The van der Waals surface area contributed by atoms with Crippen LogP contribution in [0.25, 0.3) is 5.78 Å². The van der Waals surface area contributed by atoms with Crippen LogP contribution < -0.4 is 5.32 Å². The summed E-state index contributed by atoms with van der Waals surface area (Å²) < 4.78 is 1.70. The molecule has 7 heteroatoms. The number of amides is 1. The molecule has 0 saturated carbocycles. The minimum Gasteiger partial charge on any atom is -0.325 e. The van der Waals surface area contributed by atoms with Crippen molar-refractivity contribution in [1.82, 2.24) is 19.6 Å². The highest BCUT2D eigenvalue weighted by Crippen LogP contribution is 2.22. The first-order chi connectivity index (χ1) is 12.0.